The molecule has 0 spiro atoms. The van der Waals surface area contributed by atoms with E-state index in [1.807, 2.05) is 0 Å². The lowest BCUT2D eigenvalue weighted by Gasteiger charge is -2.31. The van der Waals surface area contributed by atoms with Crippen molar-refractivity contribution in [3.8, 4) is 0 Å². The zero-order valence-electron chi connectivity index (χ0n) is 4.43. The van der Waals surface area contributed by atoms with Gasteiger partial charge in [0.15, 0.2) is 0 Å². The lowest BCUT2D eigenvalue weighted by Crippen LogP contribution is -2.41. The molecule has 0 aromatic rings. The highest BCUT2D eigenvalue weighted by Gasteiger charge is 2.43. The van der Waals surface area contributed by atoms with Gasteiger partial charge in [-0.2, -0.15) is 0 Å². The van der Waals surface area contributed by atoms with Crippen LogP contribution in [0, 0.1) is 11.8 Å². The molecule has 1 nitrogen and oxygen atoms in total. The van der Waals surface area contributed by atoms with Gasteiger partial charge in [-0.15, -0.1) is 0 Å². The molecule has 1 heteroatoms. The van der Waals surface area contributed by atoms with Gasteiger partial charge >= 0.3 is 0 Å². The molecule has 3 saturated carbocycles. The van der Waals surface area contributed by atoms with Crippen molar-refractivity contribution in [3.05, 3.63) is 0 Å². The molecule has 0 aliphatic heterocycles. The van der Waals surface area contributed by atoms with Crippen molar-refractivity contribution in [2.24, 2.45) is 17.6 Å². The molecule has 2 bridgehead atoms. The Morgan fingerprint density at radius 2 is 1.71 bits per heavy atom. The fourth-order valence-corrected chi connectivity index (χ4v) is 1.94. The predicted octanol–water partition coefficient (Wildman–Crippen LogP) is 0.744. The zero-order valence-corrected chi connectivity index (χ0v) is 4.43. The van der Waals surface area contributed by atoms with Gasteiger partial charge in [0.05, 0.1) is 0 Å². The topological polar surface area (TPSA) is 26.0 Å². The van der Waals surface area contributed by atoms with Crippen molar-refractivity contribution in [1.29, 1.82) is 0 Å². The van der Waals surface area contributed by atoms with Gasteiger partial charge in [-0.05, 0) is 31.1 Å². The van der Waals surface area contributed by atoms with E-state index in [4.69, 9.17) is 5.73 Å². The number of hydrogen-bond donors (Lipinski definition) is 1. The third-order valence-corrected chi connectivity index (χ3v) is 2.60. The lowest BCUT2D eigenvalue weighted by atomic mass is 9.79. The van der Waals surface area contributed by atoms with Crippen molar-refractivity contribution in [2.75, 3.05) is 0 Å². The van der Waals surface area contributed by atoms with Crippen LogP contribution in [0.2, 0.25) is 0 Å². The molecule has 2 N–H and O–H groups in total. The summed E-state index contributed by atoms with van der Waals surface area (Å²) in [6, 6.07) is 0.611. The quantitative estimate of drug-likeness (QED) is 0.474. The SMILES string of the molecule is NC1[C@@H]2CC[C@H]1C2. The second-order valence-electron chi connectivity index (χ2n) is 2.91. The first-order valence-corrected chi connectivity index (χ1v) is 3.13. The Morgan fingerprint density at radius 3 is 1.86 bits per heavy atom. The van der Waals surface area contributed by atoms with E-state index in [9.17, 15) is 0 Å². The third kappa shape index (κ3) is 0.325. The van der Waals surface area contributed by atoms with Crippen molar-refractivity contribution in [3.63, 3.8) is 0 Å². The van der Waals surface area contributed by atoms with Crippen LogP contribution in [0.3, 0.4) is 0 Å². The molecule has 0 aromatic carbocycles. The van der Waals surface area contributed by atoms with Crippen LogP contribution in [0.1, 0.15) is 19.3 Å². The van der Waals surface area contributed by atoms with Crippen LogP contribution >= 0.6 is 0 Å². The number of hydrogen-bond acceptors (Lipinski definition) is 1. The fourth-order valence-electron chi connectivity index (χ4n) is 1.94. The van der Waals surface area contributed by atoms with Crippen LogP contribution in [0.5, 0.6) is 0 Å². The second kappa shape index (κ2) is 1.03. The van der Waals surface area contributed by atoms with Crippen LogP contribution in [0.25, 0.3) is 0 Å². The minimum atomic E-state index is 0.611. The van der Waals surface area contributed by atoms with Crippen LogP contribution < -0.4 is 5.73 Å². The summed E-state index contributed by atoms with van der Waals surface area (Å²) in [6.45, 7) is 0. The molecule has 3 rings (SSSR count). The largest absolute Gasteiger partial charge is 0.327 e. The van der Waals surface area contributed by atoms with Gasteiger partial charge in [-0.1, -0.05) is 0 Å². The van der Waals surface area contributed by atoms with Crippen LogP contribution in [0.15, 0.2) is 0 Å². The summed E-state index contributed by atoms with van der Waals surface area (Å²) >= 11 is 0. The van der Waals surface area contributed by atoms with Crippen LogP contribution in [-0.2, 0) is 0 Å². The maximum absolute atomic E-state index is 5.73. The van der Waals surface area contributed by atoms with Crippen LogP contribution in [-0.4, -0.2) is 6.04 Å². The Hall–Kier alpha value is -0.0400. The Labute approximate surface area is 43.9 Å². The van der Waals surface area contributed by atoms with Gasteiger partial charge in [0.1, 0.15) is 0 Å². The summed E-state index contributed by atoms with van der Waals surface area (Å²) in [5.41, 5.74) is 5.73. The molecule has 40 valence electrons. The van der Waals surface area contributed by atoms with Crippen LogP contribution in [0.4, 0.5) is 0 Å². The van der Waals surface area contributed by atoms with Crippen molar-refractivity contribution < 1.29 is 0 Å². The van der Waals surface area contributed by atoms with E-state index in [0.717, 1.165) is 11.8 Å². The fraction of sp³-hybridized carbons (Fsp3) is 1.00. The minimum absolute atomic E-state index is 0.611. The van der Waals surface area contributed by atoms with Crippen molar-refractivity contribution in [2.45, 2.75) is 25.3 Å². The van der Waals surface area contributed by atoms with E-state index >= 15 is 0 Å². The van der Waals surface area contributed by atoms with Gasteiger partial charge in [-0.3, -0.25) is 0 Å². The molecule has 7 heavy (non-hydrogen) atoms. The predicted molar refractivity (Wildman–Crippen MR) is 28.8 cm³/mol. The summed E-state index contributed by atoms with van der Waals surface area (Å²) in [6.07, 6.45) is 4.29. The average Bonchev–Trinajstić information content (AvgIpc) is 2.18. The van der Waals surface area contributed by atoms with Gasteiger partial charge < -0.3 is 5.73 Å². The molecule has 3 atom stereocenters. The molecule has 0 radical (unpaired) electrons. The molecule has 0 saturated heterocycles. The number of fused-ring (bicyclic) bond motifs is 1. The van der Waals surface area contributed by atoms with Gasteiger partial charge in [0.2, 0.25) is 0 Å². The molecule has 0 heterocycles. The second-order valence-corrected chi connectivity index (χ2v) is 2.91. The Morgan fingerprint density at radius 1 is 1.14 bits per heavy atom. The highest BCUT2D eigenvalue weighted by atomic mass is 14.8. The monoisotopic (exact) mass is 97.1 g/mol. The maximum atomic E-state index is 5.73. The van der Waals surface area contributed by atoms with E-state index in [0.29, 0.717) is 6.04 Å². The molecule has 1 unspecified atom stereocenters. The third-order valence-electron chi connectivity index (χ3n) is 2.60. The highest BCUT2D eigenvalue weighted by Crippen LogP contribution is 2.46. The first-order valence-electron chi connectivity index (χ1n) is 3.13. The summed E-state index contributed by atoms with van der Waals surface area (Å²) in [5, 5.41) is 0. The first kappa shape index (κ1) is 3.90. The Bertz CT molecular complexity index is 76.2. The molecular weight excluding hydrogens is 86.1 g/mol. The Kier molecular flexibility index (Phi) is 0.571. The highest BCUT2D eigenvalue weighted by molar-refractivity contribution is 4.98. The van der Waals surface area contributed by atoms with Gasteiger partial charge in [-0.25, -0.2) is 0 Å². The summed E-state index contributed by atoms with van der Waals surface area (Å²) < 4.78 is 0. The standard InChI is InChI=1S/C6H11N/c7-6-4-1-2-5(6)3-4/h4-6H,1-3,7H2/t4-,5+,6?. The normalized spacial score (nSPS) is 57.0. The Balaban J connectivity index is 2.14. The molecule has 0 amide bonds. The average molecular weight is 97.2 g/mol. The van der Waals surface area contributed by atoms with E-state index in [2.05, 4.69) is 0 Å². The van der Waals surface area contributed by atoms with Crippen molar-refractivity contribution >= 4 is 0 Å². The summed E-state index contributed by atoms with van der Waals surface area (Å²) in [7, 11) is 0. The summed E-state index contributed by atoms with van der Waals surface area (Å²) in [4.78, 5) is 0. The summed E-state index contributed by atoms with van der Waals surface area (Å²) in [5.74, 6) is 1.87. The lowest BCUT2D eigenvalue weighted by molar-refractivity contribution is 0.242. The molecule has 3 aliphatic carbocycles. The molecular formula is C6H11N. The van der Waals surface area contributed by atoms with Gasteiger partial charge in [0, 0.05) is 6.04 Å². The van der Waals surface area contributed by atoms with E-state index < -0.39 is 0 Å². The molecule has 0 aromatic heterocycles. The van der Waals surface area contributed by atoms with Gasteiger partial charge in [0.25, 0.3) is 0 Å². The number of rotatable bonds is 0. The van der Waals surface area contributed by atoms with E-state index in [-0.39, 0.29) is 0 Å². The zero-order chi connectivity index (χ0) is 4.85. The van der Waals surface area contributed by atoms with Crippen molar-refractivity contribution in [1.82, 2.24) is 0 Å². The molecule has 3 aliphatic rings. The van der Waals surface area contributed by atoms with E-state index in [1.165, 1.54) is 19.3 Å². The minimum Gasteiger partial charge on any atom is -0.327 e. The smallest absolute Gasteiger partial charge is 0.00958 e. The number of nitrogens with two attached hydrogens (primary N) is 1. The maximum Gasteiger partial charge on any atom is 0.00958 e. The first-order chi connectivity index (χ1) is 3.38. The van der Waals surface area contributed by atoms with E-state index in [1.54, 1.807) is 0 Å². The molecule has 3 fully saturated rings.